The van der Waals surface area contributed by atoms with Crippen molar-refractivity contribution in [3.8, 4) is 0 Å². The molecule has 2 saturated carbocycles. The first-order valence-electron chi connectivity index (χ1n) is 17.6. The van der Waals surface area contributed by atoms with E-state index in [-0.39, 0.29) is 38.9 Å². The number of allylic oxidation sites excluding steroid dienone is 2. The molecule has 2 aliphatic carbocycles. The van der Waals surface area contributed by atoms with Gasteiger partial charge in [0.2, 0.25) is 21.8 Å². The maximum Gasteiger partial charge on any atom is 0.410 e. The van der Waals surface area contributed by atoms with Crippen molar-refractivity contribution in [2.24, 2.45) is 5.92 Å². The number of carbonyl (C=O) groups excluding carboxylic acids is 5. The number of ether oxygens (including phenoxy) is 2. The van der Waals surface area contributed by atoms with Crippen molar-refractivity contribution in [1.29, 1.82) is 0 Å². The molecule has 14 nitrogen and oxygen atoms in total. The number of hydrogen-bond donors (Lipinski definition) is 3. The minimum absolute atomic E-state index is 0.0153. The molecule has 0 aromatic heterocycles. The third kappa shape index (κ3) is 8.93. The molecule has 16 heteroatoms. The molecule has 2 heterocycles. The van der Waals surface area contributed by atoms with Crippen LogP contribution in [0.2, 0.25) is 0 Å². The van der Waals surface area contributed by atoms with Gasteiger partial charge in [0.15, 0.2) is 0 Å². The second-order valence-electron chi connectivity index (χ2n) is 14.9. The quantitative estimate of drug-likeness (QED) is 0.201. The Labute approximate surface area is 303 Å². The van der Waals surface area contributed by atoms with Crippen molar-refractivity contribution < 1.29 is 46.3 Å². The Hall–Kier alpha value is -4.47. The summed E-state index contributed by atoms with van der Waals surface area (Å²) >= 11 is 0. The van der Waals surface area contributed by atoms with Crippen LogP contribution in [-0.4, -0.2) is 89.2 Å². The molecular formula is C36H48FN5O9S. The van der Waals surface area contributed by atoms with Crippen LogP contribution in [0.4, 0.5) is 14.0 Å². The van der Waals surface area contributed by atoms with E-state index in [1.54, 1.807) is 32.9 Å². The zero-order chi connectivity index (χ0) is 38.0. The van der Waals surface area contributed by atoms with E-state index in [0.29, 0.717) is 36.8 Å². The number of alkyl carbamates (subject to hydrolysis) is 1. The molecule has 0 radical (unpaired) electrons. The fourth-order valence-electron chi connectivity index (χ4n) is 6.64. The number of nitrogens with one attached hydrogen (secondary N) is 3. The minimum Gasteiger partial charge on any atom is -0.444 e. The van der Waals surface area contributed by atoms with Gasteiger partial charge in [-0.05, 0) is 77.8 Å². The zero-order valence-electron chi connectivity index (χ0n) is 30.0. The van der Waals surface area contributed by atoms with Crippen molar-refractivity contribution in [1.82, 2.24) is 25.2 Å². The topological polar surface area (TPSA) is 181 Å². The highest BCUT2D eigenvalue weighted by atomic mass is 32.2. The number of unbranched alkanes of at least 4 members (excludes halogenated alkanes) is 1. The molecule has 3 N–H and O–H groups in total. The molecule has 0 bridgehead atoms. The number of amides is 5. The van der Waals surface area contributed by atoms with Crippen LogP contribution in [0, 0.1) is 11.7 Å². The predicted octanol–water partition coefficient (Wildman–Crippen LogP) is 3.56. The lowest BCUT2D eigenvalue weighted by molar-refractivity contribution is -0.141. The van der Waals surface area contributed by atoms with Gasteiger partial charge in [-0.3, -0.25) is 24.0 Å². The summed E-state index contributed by atoms with van der Waals surface area (Å²) in [6.07, 6.45) is 4.75. The number of benzene rings is 1. The van der Waals surface area contributed by atoms with E-state index in [1.165, 1.54) is 21.9 Å². The van der Waals surface area contributed by atoms with E-state index in [2.05, 4.69) is 21.9 Å². The summed E-state index contributed by atoms with van der Waals surface area (Å²) in [6, 6.07) is 2.18. The molecule has 5 amide bonds. The summed E-state index contributed by atoms with van der Waals surface area (Å²) in [6.45, 7) is 10.5. The van der Waals surface area contributed by atoms with Gasteiger partial charge in [-0.1, -0.05) is 30.4 Å². The van der Waals surface area contributed by atoms with Crippen molar-refractivity contribution in [2.75, 3.05) is 6.54 Å². The molecule has 1 aromatic rings. The molecule has 5 atom stereocenters. The van der Waals surface area contributed by atoms with E-state index in [1.807, 2.05) is 19.1 Å². The zero-order valence-corrected chi connectivity index (χ0v) is 30.8. The second kappa shape index (κ2) is 15.2. The van der Waals surface area contributed by atoms with E-state index < -0.39 is 86.2 Å². The predicted molar refractivity (Wildman–Crippen MR) is 187 cm³/mol. The summed E-state index contributed by atoms with van der Waals surface area (Å²) < 4.78 is 53.0. The van der Waals surface area contributed by atoms with Crippen LogP contribution in [0.15, 0.2) is 43.0 Å². The highest BCUT2D eigenvalue weighted by molar-refractivity contribution is 7.91. The highest BCUT2D eigenvalue weighted by Crippen LogP contribution is 2.45. The second-order valence-corrected chi connectivity index (χ2v) is 16.8. The van der Waals surface area contributed by atoms with E-state index in [9.17, 15) is 36.8 Å². The molecule has 1 aromatic carbocycles. The number of nitrogens with zero attached hydrogens (tertiary/aromatic N) is 2. The number of halogens is 1. The highest BCUT2D eigenvalue weighted by Gasteiger charge is 2.62. The average Bonchev–Trinajstić information content (AvgIpc) is 3.95. The van der Waals surface area contributed by atoms with Crippen molar-refractivity contribution in [3.63, 3.8) is 0 Å². The van der Waals surface area contributed by atoms with Crippen LogP contribution in [-0.2, 0) is 47.0 Å². The van der Waals surface area contributed by atoms with Crippen LogP contribution in [0.1, 0.15) is 83.8 Å². The molecule has 4 aliphatic rings. The average molecular weight is 746 g/mol. The van der Waals surface area contributed by atoms with Crippen LogP contribution in [0.5, 0.6) is 0 Å². The minimum atomic E-state index is -3.93. The molecule has 1 saturated heterocycles. The maximum absolute atomic E-state index is 14.4. The van der Waals surface area contributed by atoms with Gasteiger partial charge in [0.25, 0.3) is 5.91 Å². The maximum atomic E-state index is 14.4. The van der Waals surface area contributed by atoms with Crippen LogP contribution in [0.3, 0.4) is 0 Å². The number of rotatable bonds is 13. The largest absolute Gasteiger partial charge is 0.444 e. The Balaban J connectivity index is 1.37. The van der Waals surface area contributed by atoms with Gasteiger partial charge in [-0.25, -0.2) is 22.4 Å². The molecule has 284 valence electrons. The number of sulfonamides is 1. The Kier molecular flexibility index (Phi) is 11.4. The van der Waals surface area contributed by atoms with Gasteiger partial charge in [0.05, 0.1) is 18.3 Å². The molecule has 3 fully saturated rings. The smallest absolute Gasteiger partial charge is 0.410 e. The van der Waals surface area contributed by atoms with Gasteiger partial charge < -0.3 is 25.0 Å². The first-order valence-corrected chi connectivity index (χ1v) is 19.2. The first-order chi connectivity index (χ1) is 24.5. The SMILES string of the molecule is C=C[C@@H]1C[C@]1(NC(=O)C1C[C@@H](OC(=O)N2Cc3cccc(F)c3C2)CN1C(=O)[C@H](CCC/C=C/C)NC(=O)OC(C)(C)C)C(=O)NS(=O)(=O)C1CC1. The van der Waals surface area contributed by atoms with Crippen LogP contribution in [0.25, 0.3) is 0 Å². The summed E-state index contributed by atoms with van der Waals surface area (Å²) in [5.74, 6) is -3.32. The molecular weight excluding hydrogens is 697 g/mol. The van der Waals surface area contributed by atoms with Gasteiger partial charge in [0, 0.05) is 24.4 Å². The molecule has 2 aliphatic heterocycles. The van der Waals surface area contributed by atoms with Crippen molar-refractivity contribution in [2.45, 2.75) is 120 Å². The van der Waals surface area contributed by atoms with Gasteiger partial charge >= 0.3 is 12.2 Å². The standard InChI is InChI=1S/C36H48FN5O9S/c1-6-8-9-10-14-28(38-33(46)51-35(3,4)5)31(44)42-20-24(50-34(47)41-19-22-12-11-13-27(37)26(22)21-41)17-29(42)30(43)39-36(18-23(36)7-2)32(45)40-52(48,49)25-15-16-25/h6-8,11-13,23-25,28-29H,2,9-10,14-21H2,1,3-5H3,(H,38,46)(H,39,43)(H,40,45)/b8-6+/t23-,24-,28+,29?,36-/m1/s1. The third-order valence-electron chi connectivity index (χ3n) is 9.64. The Morgan fingerprint density at radius 1 is 1.15 bits per heavy atom. The monoisotopic (exact) mass is 745 g/mol. The lowest BCUT2D eigenvalue weighted by atomic mass is 10.1. The summed E-state index contributed by atoms with van der Waals surface area (Å²) in [7, 11) is -3.93. The molecule has 5 rings (SSSR count). The van der Waals surface area contributed by atoms with Crippen molar-refractivity contribution >= 4 is 39.9 Å². The Morgan fingerprint density at radius 3 is 2.50 bits per heavy atom. The Morgan fingerprint density at radius 2 is 1.88 bits per heavy atom. The number of hydrogen-bond acceptors (Lipinski definition) is 9. The summed E-state index contributed by atoms with van der Waals surface area (Å²) in [5, 5.41) is 4.66. The van der Waals surface area contributed by atoms with Crippen LogP contribution < -0.4 is 15.4 Å². The third-order valence-corrected chi connectivity index (χ3v) is 11.5. The number of fused-ring (bicyclic) bond motifs is 1. The van der Waals surface area contributed by atoms with Crippen LogP contribution >= 0.6 is 0 Å². The first kappa shape index (κ1) is 38.8. The lowest BCUT2D eigenvalue weighted by Crippen LogP contribution is -2.58. The molecule has 52 heavy (non-hydrogen) atoms. The Bertz CT molecular complexity index is 1740. The summed E-state index contributed by atoms with van der Waals surface area (Å²) in [5.41, 5.74) is -1.46. The summed E-state index contributed by atoms with van der Waals surface area (Å²) in [4.78, 5) is 70.5. The molecule has 1 unspecified atom stereocenters. The van der Waals surface area contributed by atoms with Gasteiger partial charge in [0.1, 0.15) is 35.1 Å². The molecule has 0 spiro atoms. The van der Waals surface area contributed by atoms with E-state index in [4.69, 9.17) is 9.47 Å². The van der Waals surface area contributed by atoms with E-state index >= 15 is 0 Å². The lowest BCUT2D eigenvalue weighted by Gasteiger charge is -2.30. The normalized spacial score (nSPS) is 24.5. The number of likely N-dealkylation sites (tertiary alicyclic amines) is 1. The van der Waals surface area contributed by atoms with Crippen molar-refractivity contribution in [3.05, 3.63) is 60.0 Å². The fourth-order valence-corrected chi connectivity index (χ4v) is 8.00. The van der Waals surface area contributed by atoms with E-state index in [0.717, 1.165) is 0 Å². The van der Waals surface area contributed by atoms with Gasteiger partial charge in [-0.2, -0.15) is 0 Å². The fraction of sp³-hybridized carbons (Fsp3) is 0.583. The van der Waals surface area contributed by atoms with Gasteiger partial charge in [-0.15, -0.1) is 6.58 Å². The number of carbonyl (C=O) groups is 5.